The lowest BCUT2D eigenvalue weighted by atomic mass is 9.61. The van der Waals surface area contributed by atoms with Gasteiger partial charge in [0, 0.05) is 41.4 Å². The summed E-state index contributed by atoms with van der Waals surface area (Å²) < 4.78 is 25.3. The summed E-state index contributed by atoms with van der Waals surface area (Å²) in [4.78, 5) is 8.83. The van der Waals surface area contributed by atoms with Crippen LogP contribution in [0.5, 0.6) is 0 Å². The zero-order valence-electron chi connectivity index (χ0n) is 14.9. The fraction of sp³-hybridized carbons (Fsp3) is 0.421. The third kappa shape index (κ3) is 2.98. The van der Waals surface area contributed by atoms with E-state index >= 15 is 0 Å². The van der Waals surface area contributed by atoms with Gasteiger partial charge in [-0.2, -0.15) is 0 Å². The number of hydrogen-bond acceptors (Lipinski definition) is 4. The molecule has 0 amide bonds. The van der Waals surface area contributed by atoms with E-state index in [1.54, 1.807) is 6.33 Å². The van der Waals surface area contributed by atoms with Crippen molar-refractivity contribution in [1.29, 1.82) is 0 Å². The molecule has 0 bridgehead atoms. The molecule has 2 aromatic rings. The van der Waals surface area contributed by atoms with Gasteiger partial charge in [0.05, 0.1) is 6.26 Å². The summed E-state index contributed by atoms with van der Waals surface area (Å²) in [5.74, 6) is 0.144. The highest BCUT2D eigenvalue weighted by Crippen LogP contribution is 2.48. The van der Waals surface area contributed by atoms with E-state index in [0.717, 1.165) is 22.5 Å². The average molecular weight is 358 g/mol. The van der Waals surface area contributed by atoms with Gasteiger partial charge in [-0.1, -0.05) is 37.3 Å². The molecule has 1 fully saturated rings. The van der Waals surface area contributed by atoms with Gasteiger partial charge in [-0.15, -0.1) is 0 Å². The van der Waals surface area contributed by atoms with E-state index < -0.39 is 15.4 Å². The van der Waals surface area contributed by atoms with Gasteiger partial charge in [-0.3, -0.25) is 0 Å². The third-order valence-electron chi connectivity index (χ3n) is 5.37. The van der Waals surface area contributed by atoms with Gasteiger partial charge in [0.15, 0.2) is 0 Å². The van der Waals surface area contributed by atoms with Crippen molar-refractivity contribution in [3.05, 3.63) is 66.1 Å². The van der Waals surface area contributed by atoms with Crippen LogP contribution in [0.1, 0.15) is 28.9 Å². The first-order chi connectivity index (χ1) is 11.8. The van der Waals surface area contributed by atoms with Crippen LogP contribution in [-0.2, 0) is 15.4 Å². The Bertz CT molecular complexity index is 841. The summed E-state index contributed by atoms with van der Waals surface area (Å²) in [5, 5.41) is 0. The molecule has 3 rings (SSSR count). The topological polar surface area (TPSA) is 63.2 Å². The van der Waals surface area contributed by atoms with E-state index in [2.05, 4.69) is 29.0 Å². The number of aryl methyl sites for hydroxylation is 2. The van der Waals surface area contributed by atoms with E-state index in [0.29, 0.717) is 19.5 Å². The Morgan fingerprint density at radius 3 is 2.20 bits per heavy atom. The van der Waals surface area contributed by atoms with Gasteiger partial charge in [0.25, 0.3) is 0 Å². The first kappa shape index (κ1) is 18.0. The lowest BCUT2D eigenvalue weighted by molar-refractivity contribution is 0.128. The van der Waals surface area contributed by atoms with E-state index in [9.17, 15) is 8.42 Å². The molecule has 0 spiro atoms. The molecule has 1 atom stereocenters. The smallest absolute Gasteiger partial charge is 0.211 e. The third-order valence-corrected chi connectivity index (χ3v) is 6.61. The molecule has 2 heterocycles. The number of aromatic nitrogens is 2. The summed E-state index contributed by atoms with van der Waals surface area (Å²) >= 11 is 0. The van der Waals surface area contributed by atoms with Gasteiger partial charge < -0.3 is 0 Å². The van der Waals surface area contributed by atoms with Crippen LogP contribution in [0.15, 0.2) is 36.7 Å². The number of hydrogen-bond donors (Lipinski definition) is 0. The van der Waals surface area contributed by atoms with Crippen molar-refractivity contribution in [2.45, 2.75) is 25.7 Å². The molecule has 0 aliphatic carbocycles. The number of nitrogens with zero attached hydrogens (tertiary/aromatic N) is 3. The molecule has 1 aliphatic rings. The minimum atomic E-state index is -3.17. The Labute approximate surface area is 150 Å². The van der Waals surface area contributed by atoms with Crippen molar-refractivity contribution in [3.63, 3.8) is 0 Å². The zero-order chi connectivity index (χ0) is 18.2. The Balaban J connectivity index is 2.16. The van der Waals surface area contributed by atoms with Crippen LogP contribution in [0, 0.1) is 26.7 Å². The summed E-state index contributed by atoms with van der Waals surface area (Å²) in [6.07, 6.45) is 3.46. The van der Waals surface area contributed by atoms with Crippen LogP contribution in [0.25, 0.3) is 0 Å². The molecule has 0 N–H and O–H groups in total. The molecule has 6 heteroatoms. The normalized spacial score (nSPS) is 18.6. The monoisotopic (exact) mass is 358 g/mol. The van der Waals surface area contributed by atoms with Crippen LogP contribution in [0.3, 0.4) is 0 Å². The maximum absolute atomic E-state index is 11.9. The fourth-order valence-corrected chi connectivity index (χ4v) is 4.95. The molecule has 1 radical (unpaired) electrons. The predicted octanol–water partition coefficient (Wildman–Crippen LogP) is 2.50. The molecule has 1 saturated heterocycles. The molecule has 133 valence electrons. The van der Waals surface area contributed by atoms with Crippen LogP contribution in [0.4, 0.5) is 0 Å². The largest absolute Gasteiger partial charge is 0.241 e. The van der Waals surface area contributed by atoms with Crippen LogP contribution in [-0.4, -0.2) is 42.0 Å². The van der Waals surface area contributed by atoms with E-state index in [1.807, 2.05) is 32.0 Å². The number of rotatable bonds is 5. The Morgan fingerprint density at radius 1 is 1.16 bits per heavy atom. The average Bonchev–Trinajstić information content (AvgIpc) is 2.51. The maximum Gasteiger partial charge on any atom is 0.211 e. The van der Waals surface area contributed by atoms with Crippen molar-refractivity contribution in [3.8, 4) is 0 Å². The van der Waals surface area contributed by atoms with Gasteiger partial charge >= 0.3 is 0 Å². The highest BCUT2D eigenvalue weighted by atomic mass is 32.2. The van der Waals surface area contributed by atoms with Crippen molar-refractivity contribution in [2.75, 3.05) is 19.3 Å². The molecule has 1 aromatic heterocycles. The summed E-state index contributed by atoms with van der Waals surface area (Å²) in [7, 11) is -3.17. The molecule has 1 aromatic carbocycles. The number of sulfonamides is 1. The molecule has 25 heavy (non-hydrogen) atoms. The molecule has 5 nitrogen and oxygen atoms in total. The second kappa shape index (κ2) is 6.50. The first-order valence-corrected chi connectivity index (χ1v) is 10.2. The summed E-state index contributed by atoms with van der Waals surface area (Å²) in [6, 6.07) is 10.2. The highest BCUT2D eigenvalue weighted by Gasteiger charge is 2.50. The molecular weight excluding hydrogens is 334 g/mol. The Morgan fingerprint density at radius 2 is 1.72 bits per heavy atom. The minimum absolute atomic E-state index is 0.144. The molecule has 1 unspecified atom stereocenters. The highest BCUT2D eigenvalue weighted by molar-refractivity contribution is 7.88. The second-order valence-corrected chi connectivity index (χ2v) is 8.77. The summed E-state index contributed by atoms with van der Waals surface area (Å²) in [6.45, 7) is 9.23. The molecule has 1 aliphatic heterocycles. The van der Waals surface area contributed by atoms with E-state index in [-0.39, 0.29) is 5.92 Å². The van der Waals surface area contributed by atoms with E-state index in [4.69, 9.17) is 0 Å². The van der Waals surface area contributed by atoms with Gasteiger partial charge in [0.1, 0.15) is 6.33 Å². The molecular formula is C19H24N3O2S. The van der Waals surface area contributed by atoms with Crippen LogP contribution >= 0.6 is 0 Å². The maximum atomic E-state index is 11.9. The SMILES string of the molecule is [CH2]CC(c1ccccc1)(c1c(C)ncnc1C)C1CN(S(C)(=O)=O)C1. The second-order valence-electron chi connectivity index (χ2n) is 6.78. The van der Waals surface area contributed by atoms with E-state index in [1.165, 1.54) is 10.6 Å². The Kier molecular flexibility index (Phi) is 4.68. The zero-order valence-corrected chi connectivity index (χ0v) is 15.8. The molecule has 0 saturated carbocycles. The van der Waals surface area contributed by atoms with Crippen molar-refractivity contribution in [2.24, 2.45) is 5.92 Å². The van der Waals surface area contributed by atoms with Crippen LogP contribution < -0.4 is 0 Å². The Hall–Kier alpha value is -1.79. The van der Waals surface area contributed by atoms with Crippen molar-refractivity contribution < 1.29 is 8.42 Å². The van der Waals surface area contributed by atoms with Crippen molar-refractivity contribution >= 4 is 10.0 Å². The minimum Gasteiger partial charge on any atom is -0.241 e. The lowest BCUT2D eigenvalue weighted by Gasteiger charge is -2.50. The van der Waals surface area contributed by atoms with Gasteiger partial charge in [0.2, 0.25) is 10.0 Å². The quantitative estimate of drug-likeness (QED) is 0.824. The fourth-order valence-electron chi connectivity index (χ4n) is 4.05. The van der Waals surface area contributed by atoms with Gasteiger partial charge in [-0.05, 0) is 25.8 Å². The number of benzene rings is 1. The van der Waals surface area contributed by atoms with Crippen molar-refractivity contribution in [1.82, 2.24) is 14.3 Å². The summed E-state index contributed by atoms with van der Waals surface area (Å²) in [5.41, 5.74) is 3.69. The van der Waals surface area contributed by atoms with Gasteiger partial charge in [-0.25, -0.2) is 22.7 Å². The first-order valence-electron chi connectivity index (χ1n) is 8.39. The lowest BCUT2D eigenvalue weighted by Crippen LogP contribution is -2.58. The standard InChI is InChI=1S/C19H24N3O2S/c1-5-19(16-9-7-6-8-10-16,17-11-22(12-17)25(4,23)24)18-14(2)20-13-21-15(18)3/h6-10,13,17H,1,5,11-12H2,2-4H3. The van der Waals surface area contributed by atoms with Crippen LogP contribution in [0.2, 0.25) is 0 Å². The predicted molar refractivity (Wildman–Crippen MR) is 98.6 cm³/mol.